The first kappa shape index (κ1) is 8.89. The minimum absolute atomic E-state index is 0.166. The van der Waals surface area contributed by atoms with Crippen LogP contribution in [0.5, 0.6) is 0 Å². The number of hydrogen-bond acceptors (Lipinski definition) is 4. The van der Waals surface area contributed by atoms with Gasteiger partial charge in [-0.2, -0.15) is 21.4 Å². The molecule has 0 saturated heterocycles. The molecule has 72 valence electrons. The maximum atomic E-state index is 11.6. The number of nitrogens with zero attached hydrogens (tertiary/aromatic N) is 2. The Kier molecular flexibility index (Phi) is 2.28. The molecule has 5 nitrogen and oxygen atoms in total. The maximum absolute atomic E-state index is 11.6. The minimum atomic E-state index is -0.166. The molecule has 0 aromatic carbocycles. The van der Waals surface area contributed by atoms with Crippen molar-refractivity contribution in [3.63, 3.8) is 0 Å². The molecule has 2 N–H and O–H groups in total. The summed E-state index contributed by atoms with van der Waals surface area (Å²) in [5.41, 5.74) is 1.64. The second-order valence-electron chi connectivity index (χ2n) is 2.76. The highest BCUT2D eigenvalue weighted by Crippen LogP contribution is 2.14. The van der Waals surface area contributed by atoms with E-state index in [2.05, 4.69) is 20.5 Å². The molecule has 14 heavy (non-hydrogen) atoms. The molecule has 0 unspecified atom stereocenters. The van der Waals surface area contributed by atoms with Crippen LogP contribution in [-0.2, 0) is 0 Å². The lowest BCUT2D eigenvalue weighted by atomic mass is 10.2. The van der Waals surface area contributed by atoms with Gasteiger partial charge in [0.15, 0.2) is 0 Å². The van der Waals surface area contributed by atoms with Crippen molar-refractivity contribution in [2.75, 3.05) is 5.32 Å². The van der Waals surface area contributed by atoms with Gasteiger partial charge in [0.05, 0.1) is 5.56 Å². The second-order valence-corrected chi connectivity index (χ2v) is 3.50. The molecule has 2 aromatic rings. The molecular formula is C8H8N4OS. The quantitative estimate of drug-likeness (QED) is 0.784. The zero-order valence-corrected chi connectivity index (χ0v) is 8.26. The number of aryl methyl sites for hydroxylation is 1. The summed E-state index contributed by atoms with van der Waals surface area (Å²) >= 11 is 1.50. The first-order valence-corrected chi connectivity index (χ1v) is 4.91. The van der Waals surface area contributed by atoms with Crippen LogP contribution in [0.15, 0.2) is 17.1 Å². The summed E-state index contributed by atoms with van der Waals surface area (Å²) in [4.78, 5) is 15.4. The zero-order valence-electron chi connectivity index (χ0n) is 7.44. The highest BCUT2D eigenvalue weighted by atomic mass is 32.1. The summed E-state index contributed by atoms with van der Waals surface area (Å²) in [6, 6.07) is 0. The third-order valence-corrected chi connectivity index (χ3v) is 2.61. The zero-order chi connectivity index (χ0) is 9.97. The first-order valence-electron chi connectivity index (χ1n) is 3.97. The van der Waals surface area contributed by atoms with E-state index in [1.54, 1.807) is 5.38 Å². The third kappa shape index (κ3) is 1.64. The van der Waals surface area contributed by atoms with Gasteiger partial charge in [0.25, 0.3) is 5.91 Å². The van der Waals surface area contributed by atoms with E-state index in [0.29, 0.717) is 11.5 Å². The number of amides is 1. The molecule has 2 heterocycles. The van der Waals surface area contributed by atoms with Gasteiger partial charge in [-0.1, -0.05) is 0 Å². The van der Waals surface area contributed by atoms with E-state index in [4.69, 9.17) is 0 Å². The van der Waals surface area contributed by atoms with Crippen LogP contribution in [0.3, 0.4) is 0 Å². The van der Waals surface area contributed by atoms with E-state index >= 15 is 0 Å². The molecule has 2 rings (SSSR count). The predicted molar refractivity (Wildman–Crippen MR) is 53.4 cm³/mol. The number of thiophene rings is 1. The fourth-order valence-electron chi connectivity index (χ4n) is 1.03. The predicted octanol–water partition coefficient (Wildman–Crippen LogP) is 1.43. The molecule has 1 amide bonds. The average molecular weight is 208 g/mol. The Morgan fingerprint density at radius 1 is 1.57 bits per heavy atom. The van der Waals surface area contributed by atoms with E-state index in [1.807, 2.05) is 12.3 Å². The Labute approximate surface area is 84.2 Å². The number of carbonyl (C=O) groups excluding carboxylic acids is 1. The number of H-pyrrole nitrogens is 1. The van der Waals surface area contributed by atoms with Crippen molar-refractivity contribution < 1.29 is 4.79 Å². The van der Waals surface area contributed by atoms with Crippen LogP contribution >= 0.6 is 11.3 Å². The Balaban J connectivity index is 2.14. The van der Waals surface area contributed by atoms with Crippen molar-refractivity contribution in [1.82, 2.24) is 15.2 Å². The molecule has 0 bridgehead atoms. The molecule has 6 heteroatoms. The van der Waals surface area contributed by atoms with E-state index in [0.717, 1.165) is 5.56 Å². The number of hydrogen-bond donors (Lipinski definition) is 2. The monoisotopic (exact) mass is 208 g/mol. The van der Waals surface area contributed by atoms with Gasteiger partial charge in [0, 0.05) is 5.38 Å². The SMILES string of the molecule is Cc1cscc1C(=O)Nc1ncn[nH]1. The van der Waals surface area contributed by atoms with E-state index in [1.165, 1.54) is 17.7 Å². The smallest absolute Gasteiger partial charge is 0.259 e. The van der Waals surface area contributed by atoms with E-state index in [-0.39, 0.29) is 5.91 Å². The molecule has 0 saturated carbocycles. The lowest BCUT2D eigenvalue weighted by Crippen LogP contribution is -2.13. The number of aromatic nitrogens is 3. The first-order chi connectivity index (χ1) is 6.77. The molecule has 0 spiro atoms. The normalized spacial score (nSPS) is 10.1. The Hall–Kier alpha value is -1.69. The van der Waals surface area contributed by atoms with Crippen molar-refractivity contribution in [2.45, 2.75) is 6.92 Å². The van der Waals surface area contributed by atoms with Crippen LogP contribution in [0.25, 0.3) is 0 Å². The fraction of sp³-hybridized carbons (Fsp3) is 0.125. The Bertz CT molecular complexity index is 434. The minimum Gasteiger partial charge on any atom is -0.291 e. The van der Waals surface area contributed by atoms with Crippen molar-refractivity contribution >= 4 is 23.2 Å². The van der Waals surface area contributed by atoms with Gasteiger partial charge >= 0.3 is 0 Å². The molecular weight excluding hydrogens is 200 g/mol. The van der Waals surface area contributed by atoms with E-state index < -0.39 is 0 Å². The van der Waals surface area contributed by atoms with Crippen LogP contribution in [0, 0.1) is 6.92 Å². The van der Waals surface area contributed by atoms with Crippen LogP contribution in [-0.4, -0.2) is 21.1 Å². The molecule has 0 atom stereocenters. The van der Waals surface area contributed by atoms with Crippen molar-refractivity contribution in [2.24, 2.45) is 0 Å². The average Bonchev–Trinajstić information content (AvgIpc) is 2.75. The van der Waals surface area contributed by atoms with Gasteiger partial charge in [-0.25, -0.2) is 5.10 Å². The molecule has 0 aliphatic carbocycles. The van der Waals surface area contributed by atoms with Crippen LogP contribution in [0.4, 0.5) is 5.95 Å². The number of nitrogens with one attached hydrogen (secondary N) is 2. The number of carbonyl (C=O) groups is 1. The Morgan fingerprint density at radius 3 is 3.00 bits per heavy atom. The molecule has 0 aliphatic heterocycles. The highest BCUT2D eigenvalue weighted by molar-refractivity contribution is 7.08. The van der Waals surface area contributed by atoms with Crippen LogP contribution in [0.2, 0.25) is 0 Å². The van der Waals surface area contributed by atoms with E-state index in [9.17, 15) is 4.79 Å². The second kappa shape index (κ2) is 3.59. The lowest BCUT2D eigenvalue weighted by molar-refractivity contribution is 0.102. The highest BCUT2D eigenvalue weighted by Gasteiger charge is 2.10. The lowest BCUT2D eigenvalue weighted by Gasteiger charge is -1.99. The standard InChI is InChI=1S/C8H8N4OS/c1-5-2-14-3-6(5)7(13)11-8-9-4-10-12-8/h2-4H,1H3,(H2,9,10,11,12,13). The topological polar surface area (TPSA) is 70.7 Å². The van der Waals surface area contributed by atoms with Crippen molar-refractivity contribution in [3.05, 3.63) is 28.2 Å². The largest absolute Gasteiger partial charge is 0.291 e. The van der Waals surface area contributed by atoms with Gasteiger partial charge in [-0.3, -0.25) is 10.1 Å². The summed E-state index contributed by atoms with van der Waals surface area (Å²) in [5.74, 6) is 0.195. The third-order valence-electron chi connectivity index (χ3n) is 1.75. The Morgan fingerprint density at radius 2 is 2.43 bits per heavy atom. The van der Waals surface area contributed by atoms with Gasteiger partial charge in [-0.15, -0.1) is 0 Å². The fourth-order valence-corrected chi connectivity index (χ4v) is 1.86. The van der Waals surface area contributed by atoms with Crippen LogP contribution < -0.4 is 5.32 Å². The summed E-state index contributed by atoms with van der Waals surface area (Å²) in [6.07, 6.45) is 1.34. The summed E-state index contributed by atoms with van der Waals surface area (Å²) in [6.45, 7) is 1.89. The number of rotatable bonds is 2. The molecule has 2 aromatic heterocycles. The summed E-state index contributed by atoms with van der Waals surface area (Å²) < 4.78 is 0. The van der Waals surface area contributed by atoms with Crippen molar-refractivity contribution in [3.8, 4) is 0 Å². The number of anilines is 1. The summed E-state index contributed by atoms with van der Waals surface area (Å²) in [5, 5.41) is 12.5. The van der Waals surface area contributed by atoms with Crippen molar-refractivity contribution in [1.29, 1.82) is 0 Å². The molecule has 0 radical (unpaired) electrons. The van der Waals surface area contributed by atoms with Crippen LogP contribution in [0.1, 0.15) is 15.9 Å². The molecule has 0 fully saturated rings. The van der Waals surface area contributed by atoms with Gasteiger partial charge in [-0.05, 0) is 17.9 Å². The maximum Gasteiger partial charge on any atom is 0.259 e. The summed E-state index contributed by atoms with van der Waals surface area (Å²) in [7, 11) is 0. The van der Waals surface area contributed by atoms with Gasteiger partial charge in [0.2, 0.25) is 5.95 Å². The number of aromatic amines is 1. The molecule has 0 aliphatic rings. The van der Waals surface area contributed by atoms with Gasteiger partial charge < -0.3 is 0 Å². The van der Waals surface area contributed by atoms with Gasteiger partial charge in [0.1, 0.15) is 6.33 Å².